The van der Waals surface area contributed by atoms with Crippen molar-refractivity contribution in [3.63, 3.8) is 0 Å². The molecule has 0 unspecified atom stereocenters. The van der Waals surface area contributed by atoms with E-state index in [1.54, 1.807) is 61.2 Å². The number of thioether (sulfide) groups is 1. The number of carbonyl (C=O) groups is 4. The maximum atomic E-state index is 13.2. The second-order valence-electron chi connectivity index (χ2n) is 8.07. The van der Waals surface area contributed by atoms with Gasteiger partial charge in [-0.1, -0.05) is 23.9 Å². The van der Waals surface area contributed by atoms with E-state index in [9.17, 15) is 19.2 Å². The van der Waals surface area contributed by atoms with Crippen LogP contribution in [0.3, 0.4) is 0 Å². The van der Waals surface area contributed by atoms with E-state index in [2.05, 4.69) is 10.3 Å². The summed E-state index contributed by atoms with van der Waals surface area (Å²) in [7, 11) is 0. The Morgan fingerprint density at radius 2 is 1.68 bits per heavy atom. The normalized spacial score (nSPS) is 13.4. The van der Waals surface area contributed by atoms with Crippen molar-refractivity contribution in [3.8, 4) is 0 Å². The highest BCUT2D eigenvalue weighted by Crippen LogP contribution is 2.34. The molecule has 2 heterocycles. The van der Waals surface area contributed by atoms with E-state index in [1.807, 2.05) is 0 Å². The predicted octanol–water partition coefficient (Wildman–Crippen LogP) is 3.61. The Bertz CT molecular complexity index is 1320. The van der Waals surface area contributed by atoms with E-state index >= 15 is 0 Å². The number of rotatable bonds is 9. The summed E-state index contributed by atoms with van der Waals surface area (Å²) >= 11 is 2.24. The number of hydrogen-bond donors (Lipinski definition) is 1. The third kappa shape index (κ3) is 6.50. The third-order valence-corrected chi connectivity index (χ3v) is 7.81. The fourth-order valence-corrected chi connectivity index (χ4v) is 5.93. The van der Waals surface area contributed by atoms with Crippen LogP contribution in [0.15, 0.2) is 46.8 Å². The van der Waals surface area contributed by atoms with Gasteiger partial charge in [-0.3, -0.25) is 19.2 Å². The van der Waals surface area contributed by atoms with Crippen molar-refractivity contribution in [2.24, 2.45) is 0 Å². The molecule has 4 rings (SSSR count). The van der Waals surface area contributed by atoms with E-state index in [-0.39, 0.29) is 24.7 Å². The van der Waals surface area contributed by atoms with Crippen LogP contribution in [0, 0.1) is 0 Å². The van der Waals surface area contributed by atoms with Gasteiger partial charge in [0.25, 0.3) is 11.8 Å². The second-order valence-corrected chi connectivity index (χ2v) is 10.5. The van der Waals surface area contributed by atoms with Gasteiger partial charge in [0.2, 0.25) is 5.25 Å². The molecule has 0 bridgehead atoms. The van der Waals surface area contributed by atoms with Crippen molar-refractivity contribution in [1.29, 1.82) is 0 Å². The van der Waals surface area contributed by atoms with E-state index < -0.39 is 23.1 Å². The van der Waals surface area contributed by atoms with Gasteiger partial charge >= 0.3 is 11.9 Å². The number of thiazole rings is 1. The molecule has 1 aliphatic heterocycles. The Morgan fingerprint density at radius 3 is 2.34 bits per heavy atom. The number of carbonyl (C=O) groups excluding carboxylic acids is 4. The first-order valence-corrected chi connectivity index (χ1v) is 13.8. The van der Waals surface area contributed by atoms with Crippen LogP contribution in [0.2, 0.25) is 0 Å². The van der Waals surface area contributed by atoms with Crippen LogP contribution in [0.25, 0.3) is 10.2 Å². The summed E-state index contributed by atoms with van der Waals surface area (Å²) in [5.41, 5.74) is 1.76. The number of nitrogens with one attached hydrogen (secondary N) is 1. The van der Waals surface area contributed by atoms with Gasteiger partial charge in [0.1, 0.15) is 0 Å². The van der Waals surface area contributed by atoms with Crippen LogP contribution in [0.5, 0.6) is 0 Å². The number of hydrogen-bond acceptors (Lipinski definition) is 10. The Labute approximate surface area is 227 Å². The number of fused-ring (bicyclic) bond motifs is 1. The molecule has 12 heteroatoms. The first kappa shape index (κ1) is 27.6. The first-order chi connectivity index (χ1) is 18.4. The van der Waals surface area contributed by atoms with Gasteiger partial charge in [-0.15, -0.1) is 11.3 Å². The first-order valence-electron chi connectivity index (χ1n) is 12.1. The standard InChI is InChI=1S/C26H27N3O7S2/c1-3-35-24(32)21(25(33)36-4-2)38-26-28-19-10-9-16(15-20(19)37-26)27-22(30)17-7-5-6-8-18(17)23(31)29-11-13-34-14-12-29/h5-10,15,21H,3-4,11-14H2,1-2H3,(H,27,30). The van der Waals surface area contributed by atoms with Gasteiger partial charge in [-0.2, -0.15) is 0 Å². The number of ether oxygens (including phenoxy) is 3. The Balaban J connectivity index is 1.51. The van der Waals surface area contributed by atoms with Crippen LogP contribution in [0.1, 0.15) is 34.6 Å². The Morgan fingerprint density at radius 1 is 1.03 bits per heavy atom. The Hall–Kier alpha value is -3.48. The summed E-state index contributed by atoms with van der Waals surface area (Å²) in [5.74, 6) is -2.00. The summed E-state index contributed by atoms with van der Waals surface area (Å²) in [6.45, 7) is 5.49. The Kier molecular flexibility index (Phi) is 9.32. The molecule has 1 saturated heterocycles. The van der Waals surface area contributed by atoms with Crippen molar-refractivity contribution < 1.29 is 33.4 Å². The molecule has 3 aromatic rings. The molecule has 2 aromatic carbocycles. The smallest absolute Gasteiger partial charge is 0.331 e. The highest BCUT2D eigenvalue weighted by Gasteiger charge is 2.32. The molecular formula is C26H27N3O7S2. The van der Waals surface area contributed by atoms with Crippen LogP contribution in [-0.2, 0) is 23.8 Å². The van der Waals surface area contributed by atoms with Crippen LogP contribution in [-0.4, -0.2) is 78.4 Å². The van der Waals surface area contributed by atoms with Gasteiger partial charge in [-0.05, 0) is 44.2 Å². The molecule has 200 valence electrons. The third-order valence-electron chi connectivity index (χ3n) is 5.55. The van der Waals surface area contributed by atoms with E-state index in [0.717, 1.165) is 16.5 Å². The summed E-state index contributed by atoms with van der Waals surface area (Å²) in [4.78, 5) is 57.0. The number of aromatic nitrogens is 1. The molecule has 10 nitrogen and oxygen atoms in total. The van der Waals surface area contributed by atoms with Crippen LogP contribution in [0.4, 0.5) is 5.69 Å². The highest BCUT2D eigenvalue weighted by atomic mass is 32.2. The molecule has 0 aliphatic carbocycles. The van der Waals surface area contributed by atoms with Crippen molar-refractivity contribution in [2.75, 3.05) is 44.8 Å². The topological polar surface area (TPSA) is 124 Å². The average molecular weight is 558 g/mol. The van der Waals surface area contributed by atoms with Crippen molar-refractivity contribution in [1.82, 2.24) is 9.88 Å². The molecule has 0 radical (unpaired) electrons. The lowest BCUT2D eigenvalue weighted by molar-refractivity contribution is -0.152. The van der Waals surface area contributed by atoms with E-state index in [0.29, 0.717) is 47.4 Å². The van der Waals surface area contributed by atoms with Gasteiger partial charge in [0, 0.05) is 18.8 Å². The summed E-state index contributed by atoms with van der Waals surface area (Å²) in [5, 5.41) is 1.67. The minimum Gasteiger partial charge on any atom is -0.465 e. The van der Waals surface area contributed by atoms with E-state index in [4.69, 9.17) is 14.2 Å². The van der Waals surface area contributed by atoms with Gasteiger partial charge in [-0.25, -0.2) is 4.98 Å². The van der Waals surface area contributed by atoms with Crippen LogP contribution >= 0.6 is 23.1 Å². The fraction of sp³-hybridized carbons (Fsp3) is 0.346. The molecule has 1 aromatic heterocycles. The lowest BCUT2D eigenvalue weighted by Gasteiger charge is -2.27. The highest BCUT2D eigenvalue weighted by molar-refractivity contribution is 8.03. The van der Waals surface area contributed by atoms with Gasteiger partial charge in [0.15, 0.2) is 4.34 Å². The lowest BCUT2D eigenvalue weighted by atomic mass is 10.0. The maximum Gasteiger partial charge on any atom is 0.331 e. The number of amides is 2. The number of esters is 2. The predicted molar refractivity (Wildman–Crippen MR) is 144 cm³/mol. The summed E-state index contributed by atoms with van der Waals surface area (Å²) < 4.78 is 16.6. The molecule has 2 amide bonds. The van der Waals surface area contributed by atoms with E-state index in [1.165, 1.54) is 11.3 Å². The lowest BCUT2D eigenvalue weighted by Crippen LogP contribution is -2.41. The fourth-order valence-electron chi connectivity index (χ4n) is 3.76. The summed E-state index contributed by atoms with van der Waals surface area (Å²) in [6, 6.07) is 11.9. The minimum atomic E-state index is -1.19. The molecule has 1 fully saturated rings. The molecule has 0 atom stereocenters. The zero-order chi connectivity index (χ0) is 27.1. The zero-order valence-corrected chi connectivity index (χ0v) is 22.6. The quantitative estimate of drug-likeness (QED) is 0.239. The van der Waals surface area contributed by atoms with Crippen LogP contribution < -0.4 is 5.32 Å². The molecule has 38 heavy (non-hydrogen) atoms. The van der Waals surface area contributed by atoms with Crippen molar-refractivity contribution in [2.45, 2.75) is 23.4 Å². The van der Waals surface area contributed by atoms with Gasteiger partial charge < -0.3 is 24.4 Å². The molecular weight excluding hydrogens is 530 g/mol. The number of anilines is 1. The van der Waals surface area contributed by atoms with Crippen molar-refractivity contribution in [3.05, 3.63) is 53.6 Å². The summed E-state index contributed by atoms with van der Waals surface area (Å²) in [6.07, 6.45) is 0. The average Bonchev–Trinajstić information content (AvgIpc) is 3.34. The molecule has 1 N–H and O–H groups in total. The molecule has 0 saturated carbocycles. The maximum absolute atomic E-state index is 13.2. The number of nitrogens with zero attached hydrogens (tertiary/aromatic N) is 2. The monoisotopic (exact) mass is 557 g/mol. The second kappa shape index (κ2) is 12.9. The largest absolute Gasteiger partial charge is 0.465 e. The van der Waals surface area contributed by atoms with Crippen molar-refractivity contribution >= 4 is 62.8 Å². The molecule has 1 aliphatic rings. The molecule has 0 spiro atoms. The zero-order valence-electron chi connectivity index (χ0n) is 20.9. The minimum absolute atomic E-state index is 0.138. The number of benzene rings is 2. The SMILES string of the molecule is CCOC(=O)C(Sc1nc2ccc(NC(=O)c3ccccc3C(=O)N3CCOCC3)cc2s1)C(=O)OCC. The number of morpholine rings is 1. The van der Waals surface area contributed by atoms with Gasteiger partial charge in [0.05, 0.1) is 47.8 Å².